The maximum absolute atomic E-state index is 12.6. The predicted octanol–water partition coefficient (Wildman–Crippen LogP) is 4.53. The van der Waals surface area contributed by atoms with Gasteiger partial charge in [0.05, 0.1) is 19.1 Å². The Hall–Kier alpha value is -2.97. The number of rotatable bonds is 7. The van der Waals surface area contributed by atoms with E-state index < -0.39 is 23.2 Å². The first-order valence-electron chi connectivity index (χ1n) is 9.24. The van der Waals surface area contributed by atoms with Crippen molar-refractivity contribution in [3.8, 4) is 11.5 Å². The maximum Gasteiger partial charge on any atom is 0.328 e. The van der Waals surface area contributed by atoms with Gasteiger partial charge in [0.25, 0.3) is 11.1 Å². The van der Waals surface area contributed by atoms with Crippen LogP contribution >= 0.6 is 23.4 Å². The first-order valence-corrected chi connectivity index (χ1v) is 10.4. The van der Waals surface area contributed by atoms with Gasteiger partial charge in [-0.25, -0.2) is 4.79 Å². The molecule has 0 aromatic heterocycles. The van der Waals surface area contributed by atoms with Gasteiger partial charge in [-0.1, -0.05) is 35.9 Å². The lowest BCUT2D eigenvalue weighted by atomic mass is 10.1. The third-order valence-corrected chi connectivity index (χ3v) is 5.83. The van der Waals surface area contributed by atoms with Crippen LogP contribution < -0.4 is 9.47 Å². The Morgan fingerprint density at radius 2 is 1.90 bits per heavy atom. The van der Waals surface area contributed by atoms with Crippen molar-refractivity contribution in [2.45, 2.75) is 19.6 Å². The topological polar surface area (TPSA) is 82.1 Å². The van der Waals surface area contributed by atoms with Crippen LogP contribution in [0.2, 0.25) is 5.02 Å². The number of halogens is 1. The highest BCUT2D eigenvalue weighted by molar-refractivity contribution is 8.18. The van der Waals surface area contributed by atoms with E-state index in [0.717, 1.165) is 22.2 Å². The summed E-state index contributed by atoms with van der Waals surface area (Å²) in [5.74, 6) is -0.244. The molecule has 1 aliphatic rings. The van der Waals surface area contributed by atoms with Gasteiger partial charge in [-0.15, -0.1) is 0 Å². The highest BCUT2D eigenvalue weighted by Gasteiger charge is 2.41. The SMILES string of the molecule is COC(=O)[C@H](C)N1C(=O)S/C(=C/c2ccc(OCc3ccccc3Cl)c(OC)c2)C1=O. The van der Waals surface area contributed by atoms with Gasteiger partial charge in [0.2, 0.25) is 0 Å². The minimum Gasteiger partial charge on any atom is -0.493 e. The molecule has 0 saturated carbocycles. The summed E-state index contributed by atoms with van der Waals surface area (Å²) in [7, 11) is 2.71. The van der Waals surface area contributed by atoms with Crippen molar-refractivity contribution in [2.75, 3.05) is 14.2 Å². The Balaban J connectivity index is 1.78. The highest BCUT2D eigenvalue weighted by Crippen LogP contribution is 2.36. The molecule has 2 amide bonds. The van der Waals surface area contributed by atoms with Gasteiger partial charge in [-0.3, -0.25) is 14.5 Å². The summed E-state index contributed by atoms with van der Waals surface area (Å²) in [5.41, 5.74) is 1.47. The lowest BCUT2D eigenvalue weighted by Crippen LogP contribution is -2.42. The van der Waals surface area contributed by atoms with Crippen LogP contribution in [0.1, 0.15) is 18.1 Å². The van der Waals surface area contributed by atoms with Crippen LogP contribution in [-0.4, -0.2) is 42.3 Å². The quantitative estimate of drug-likeness (QED) is 0.442. The summed E-state index contributed by atoms with van der Waals surface area (Å²) in [5, 5.41) is 0.0794. The number of amides is 2. The molecule has 0 radical (unpaired) electrons. The van der Waals surface area contributed by atoms with Gasteiger partial charge >= 0.3 is 5.97 Å². The molecule has 3 rings (SSSR count). The van der Waals surface area contributed by atoms with Gasteiger partial charge < -0.3 is 14.2 Å². The third kappa shape index (κ3) is 5.03. The second-order valence-corrected chi connectivity index (χ2v) is 7.94. The van der Waals surface area contributed by atoms with Crippen molar-refractivity contribution in [1.29, 1.82) is 0 Å². The van der Waals surface area contributed by atoms with E-state index in [1.165, 1.54) is 21.1 Å². The van der Waals surface area contributed by atoms with Gasteiger partial charge in [0, 0.05) is 10.6 Å². The van der Waals surface area contributed by atoms with Crippen LogP contribution in [0.25, 0.3) is 6.08 Å². The third-order valence-electron chi connectivity index (χ3n) is 4.58. The average molecular weight is 462 g/mol. The second kappa shape index (κ2) is 9.89. The Labute approximate surface area is 188 Å². The summed E-state index contributed by atoms with van der Waals surface area (Å²) < 4.78 is 15.9. The summed E-state index contributed by atoms with van der Waals surface area (Å²) in [6, 6.07) is 11.5. The van der Waals surface area contributed by atoms with Crippen LogP contribution in [-0.2, 0) is 20.9 Å². The number of ether oxygens (including phenoxy) is 3. The fourth-order valence-corrected chi connectivity index (χ4v) is 4.00. The standard InChI is InChI=1S/C22H20ClNO6S/c1-13(21(26)29-3)24-20(25)19(31-22(24)27)11-14-8-9-17(18(10-14)28-2)30-12-15-6-4-5-7-16(15)23/h4-11,13H,12H2,1-3H3/b19-11+/t13-/m0/s1. The molecule has 2 aromatic carbocycles. The van der Waals surface area contributed by atoms with Crippen molar-refractivity contribution < 1.29 is 28.6 Å². The predicted molar refractivity (Wildman–Crippen MR) is 118 cm³/mol. The summed E-state index contributed by atoms with van der Waals surface area (Å²) in [4.78, 5) is 37.7. The van der Waals surface area contributed by atoms with Crippen molar-refractivity contribution in [3.05, 3.63) is 63.5 Å². The van der Waals surface area contributed by atoms with E-state index in [1.54, 1.807) is 30.3 Å². The van der Waals surface area contributed by atoms with Crippen LogP contribution in [0, 0.1) is 0 Å². The largest absolute Gasteiger partial charge is 0.493 e. The fourth-order valence-electron chi connectivity index (χ4n) is 2.91. The Morgan fingerprint density at radius 1 is 1.16 bits per heavy atom. The molecule has 0 bridgehead atoms. The lowest BCUT2D eigenvalue weighted by molar-refractivity contribution is -0.148. The number of thioether (sulfide) groups is 1. The molecule has 31 heavy (non-hydrogen) atoms. The summed E-state index contributed by atoms with van der Waals surface area (Å²) in [6.07, 6.45) is 1.56. The second-order valence-electron chi connectivity index (χ2n) is 6.54. The number of benzene rings is 2. The molecule has 162 valence electrons. The number of nitrogens with zero attached hydrogens (tertiary/aromatic N) is 1. The Kier molecular flexibility index (Phi) is 7.25. The smallest absolute Gasteiger partial charge is 0.328 e. The molecule has 1 heterocycles. The average Bonchev–Trinajstić information content (AvgIpc) is 3.05. The number of methoxy groups -OCH3 is 2. The van der Waals surface area contributed by atoms with Gasteiger partial charge in [-0.05, 0) is 48.5 Å². The van der Waals surface area contributed by atoms with E-state index >= 15 is 0 Å². The minimum atomic E-state index is -1.00. The summed E-state index contributed by atoms with van der Waals surface area (Å²) in [6.45, 7) is 1.71. The fraction of sp³-hybridized carbons (Fsp3) is 0.227. The zero-order chi connectivity index (χ0) is 22.5. The van der Waals surface area contributed by atoms with E-state index in [-0.39, 0.29) is 11.5 Å². The molecule has 1 atom stereocenters. The normalized spacial score (nSPS) is 15.9. The lowest BCUT2D eigenvalue weighted by Gasteiger charge is -2.18. The first-order chi connectivity index (χ1) is 14.8. The molecule has 1 aliphatic heterocycles. The van der Waals surface area contributed by atoms with Crippen LogP contribution in [0.3, 0.4) is 0 Å². The maximum atomic E-state index is 12.6. The molecular formula is C22H20ClNO6S. The van der Waals surface area contributed by atoms with E-state index in [9.17, 15) is 14.4 Å². The zero-order valence-electron chi connectivity index (χ0n) is 17.1. The van der Waals surface area contributed by atoms with E-state index in [2.05, 4.69) is 4.74 Å². The number of hydrogen-bond donors (Lipinski definition) is 0. The molecule has 0 aliphatic carbocycles. The van der Waals surface area contributed by atoms with Crippen molar-refractivity contribution in [2.24, 2.45) is 0 Å². The van der Waals surface area contributed by atoms with Gasteiger partial charge in [0.1, 0.15) is 12.6 Å². The van der Waals surface area contributed by atoms with Crippen LogP contribution in [0.4, 0.5) is 4.79 Å². The van der Waals surface area contributed by atoms with E-state index in [4.69, 9.17) is 21.1 Å². The molecule has 1 fully saturated rings. The number of hydrogen-bond acceptors (Lipinski definition) is 7. The molecule has 2 aromatic rings. The van der Waals surface area contributed by atoms with Crippen LogP contribution in [0.5, 0.6) is 11.5 Å². The van der Waals surface area contributed by atoms with Gasteiger partial charge in [0.15, 0.2) is 11.5 Å². The van der Waals surface area contributed by atoms with Gasteiger partial charge in [-0.2, -0.15) is 0 Å². The van der Waals surface area contributed by atoms with E-state index in [0.29, 0.717) is 22.1 Å². The van der Waals surface area contributed by atoms with Crippen molar-refractivity contribution in [1.82, 2.24) is 4.90 Å². The summed E-state index contributed by atoms with van der Waals surface area (Å²) >= 11 is 6.92. The van der Waals surface area contributed by atoms with Crippen LogP contribution in [0.15, 0.2) is 47.4 Å². The zero-order valence-corrected chi connectivity index (χ0v) is 18.7. The molecule has 7 nitrogen and oxygen atoms in total. The number of carbonyl (C=O) groups is 3. The molecular weight excluding hydrogens is 442 g/mol. The van der Waals surface area contributed by atoms with Crippen molar-refractivity contribution in [3.63, 3.8) is 0 Å². The first kappa shape index (κ1) is 22.7. The molecule has 0 N–H and O–H groups in total. The monoisotopic (exact) mass is 461 g/mol. The Morgan fingerprint density at radius 3 is 2.58 bits per heavy atom. The number of carbonyl (C=O) groups excluding carboxylic acids is 3. The number of esters is 1. The molecule has 1 saturated heterocycles. The number of imide groups is 1. The molecule has 0 unspecified atom stereocenters. The van der Waals surface area contributed by atoms with Crippen molar-refractivity contribution >= 4 is 46.6 Å². The highest BCUT2D eigenvalue weighted by atomic mass is 35.5. The van der Waals surface area contributed by atoms with E-state index in [1.807, 2.05) is 18.2 Å². The molecule has 0 spiro atoms. The minimum absolute atomic E-state index is 0.201. The molecule has 9 heteroatoms. The Bertz CT molecular complexity index is 1050.